The van der Waals surface area contributed by atoms with Crippen LogP contribution in [0.15, 0.2) is 10.2 Å². The maximum atomic E-state index is 10.7. The Hall–Kier alpha value is -11.6. The number of nitrogens with two attached hydrogens (primary N) is 17. The summed E-state index contributed by atoms with van der Waals surface area (Å²) < 4.78 is 0. The Labute approximate surface area is 858 Å². The molecule has 58 nitrogen and oxygen atoms in total. The van der Waals surface area contributed by atoms with Crippen LogP contribution < -0.4 is 97.5 Å². The molecule has 0 spiro atoms. The zero-order chi connectivity index (χ0) is 111. The lowest BCUT2D eigenvalue weighted by Crippen LogP contribution is -2.33. The van der Waals surface area contributed by atoms with E-state index in [1.54, 1.807) is 9.80 Å². The monoisotopic (exact) mass is 2090 g/mol. The zero-order valence-corrected chi connectivity index (χ0v) is 85.6. The number of carboxylic acids is 2. The second-order valence-corrected chi connectivity index (χ2v) is 39.2. The van der Waals surface area contributed by atoms with Crippen LogP contribution in [-0.2, 0) is 81.5 Å². The number of carboxylic acid groups (broad SMARTS) is 2. The van der Waals surface area contributed by atoms with Gasteiger partial charge in [-0.1, -0.05) is 24.1 Å². The standard InChI is InChI=1S/2C7H13N3O2.2C7H15N3O.C7H11N3O.2C7H12N2O3.2C7H14N2O2.2C7H14N2O.2C6H11N5O/c2*8-6(11)4-10-2-1-5(3-10)7(9)12;3*8-3-6-1-2-10(4-6)5-7(9)11;2*8-6(10)4-9-2-1-5(3-9)7(11)12;2*8-7(11)4-9-2-1-6(3-9)5-10;2*1-6-2-3-9(4-6)5-7(8)10;2*7-6(12)4-11-2-1-5(3-11)9-10-8/h2*5H,1-4H2,(H2,8,11)(H2,9,12);2*6H,1-5,8H2,(H2,9,11);6H,1-2,4-5H2,(H2,9,11);2*5H,1-4H2,(H2,8,10)(H,11,12);2*6,10H,1-5H2,(H2,8,11);2*6H,2-5H2,1H3,(H2,8,10);2*5H,1-4H2,(H2,7,12)/t5-;;6-;;;5-;;6-;;6-;;5-;/m0.1..0.0.0.0./s1. The molecule has 13 rings (SSSR count). The van der Waals surface area contributed by atoms with E-state index in [9.17, 15) is 81.5 Å². The Kier molecular flexibility index (Phi) is 68.2. The van der Waals surface area contributed by atoms with Crippen LogP contribution >= 0.6 is 0 Å². The molecule has 0 bridgehead atoms. The summed E-state index contributed by atoms with van der Waals surface area (Å²) in [6.07, 6.45) is 11.8. The van der Waals surface area contributed by atoms with Gasteiger partial charge >= 0.3 is 11.9 Å². The van der Waals surface area contributed by atoms with Crippen molar-refractivity contribution in [2.45, 2.75) is 109 Å². The van der Waals surface area contributed by atoms with Gasteiger partial charge in [-0.15, -0.1) is 0 Å². The Morgan fingerprint density at radius 3 is 0.639 bits per heavy atom. The lowest BCUT2D eigenvalue weighted by molar-refractivity contribution is -0.142. The first kappa shape index (κ1) is 133. The maximum absolute atomic E-state index is 10.7. The van der Waals surface area contributed by atoms with Crippen molar-refractivity contribution in [3.63, 3.8) is 0 Å². The molecule has 38 N–H and O–H groups in total. The second kappa shape index (κ2) is 75.2. The first-order chi connectivity index (χ1) is 69.3. The number of nitrogens with zero attached hydrogens (tertiary/aromatic N) is 20. The Balaban J connectivity index is 0.000000797. The van der Waals surface area contributed by atoms with E-state index in [1.807, 2.05) is 34.3 Å². The molecule has 13 aliphatic heterocycles. The fourth-order valence-electron chi connectivity index (χ4n) is 18.2. The summed E-state index contributed by atoms with van der Waals surface area (Å²) in [5, 5.41) is 50.5. The van der Waals surface area contributed by atoms with E-state index in [1.165, 1.54) is 12.8 Å². The Bertz CT molecular complexity index is 3750. The van der Waals surface area contributed by atoms with E-state index in [2.05, 4.69) is 59.6 Å². The number of carbonyl (C=O) groups excluding carboxylic acids is 15. The van der Waals surface area contributed by atoms with Gasteiger partial charge in [0.25, 0.3) is 0 Å². The highest BCUT2D eigenvalue weighted by molar-refractivity contribution is 5.82. The third-order valence-corrected chi connectivity index (χ3v) is 25.6. The summed E-state index contributed by atoms with van der Waals surface area (Å²) in [5.74, 6) is -3.67. The topological polar surface area (TPSA) is 977 Å². The van der Waals surface area contributed by atoms with Gasteiger partial charge < -0.3 is 118 Å². The van der Waals surface area contributed by atoms with Crippen molar-refractivity contribution in [1.29, 1.82) is 5.26 Å². The molecule has 0 aromatic rings. The van der Waals surface area contributed by atoms with Crippen LogP contribution in [-0.4, -0.2) is 478 Å². The fourth-order valence-corrected chi connectivity index (χ4v) is 18.2. The second-order valence-electron chi connectivity index (χ2n) is 39.2. The smallest absolute Gasteiger partial charge is 0.307 e. The van der Waals surface area contributed by atoms with Crippen molar-refractivity contribution in [2.75, 3.05) is 282 Å². The van der Waals surface area contributed by atoms with E-state index >= 15 is 0 Å². The van der Waals surface area contributed by atoms with Crippen LogP contribution in [0, 0.1) is 76.4 Å². The first-order valence-corrected chi connectivity index (χ1v) is 49.5. The number of carbonyl (C=O) groups is 17. The van der Waals surface area contributed by atoms with Crippen LogP contribution in [0.3, 0.4) is 0 Å². The lowest BCUT2D eigenvalue weighted by Gasteiger charge is -2.12. The quantitative estimate of drug-likeness (QED) is 0.0157. The SMILES string of the molecule is CC1CCN(CC(N)=O)C1.C[C@H]1CCN(CC(N)=O)C1.N#CC1CCN(CC(N)=O)C1.NC(=O)CN1CCC(C(=O)O)C1.NC(=O)CN1CCC(C(N)=O)C1.NC(=O)CN1CCC(CO)C1.NC(=O)CN1CC[C@H](C(=O)O)C1.NC(=O)CN1CC[C@H](C(N)=O)C1.NC(=O)CN1CC[C@H](CO)C1.NCC1CCN(CC(N)=O)C1.NC[C@H]1CCN(CC(N)=O)C1.[N-]=[N+]=NC1CCN(CC(N)=O)C1.[N-]=[N+]=N[C@H]1CCN(CC(N)=O)C1. The van der Waals surface area contributed by atoms with Crippen LogP contribution in [0.5, 0.6) is 0 Å². The van der Waals surface area contributed by atoms with E-state index < -0.39 is 23.8 Å². The normalized spacial score (nSPS) is 25.0. The number of aliphatic hydroxyl groups excluding tert-OH is 2. The molecular formula is C89H169N37O21. The van der Waals surface area contributed by atoms with E-state index in [4.69, 9.17) is 134 Å². The molecule has 13 atom stereocenters. The van der Waals surface area contributed by atoms with Crippen LogP contribution in [0.1, 0.15) is 97.3 Å². The molecule has 13 heterocycles. The summed E-state index contributed by atoms with van der Waals surface area (Å²) in [5.41, 5.74) is 103. The molecule has 0 aromatic heterocycles. The Morgan fingerprint density at radius 1 is 0.272 bits per heavy atom. The van der Waals surface area contributed by atoms with Crippen molar-refractivity contribution in [2.24, 2.45) is 173 Å². The minimum atomic E-state index is -0.790. The number of hydrogen-bond acceptors (Lipinski definition) is 37. The van der Waals surface area contributed by atoms with Crippen molar-refractivity contribution >= 4 is 101 Å². The molecule has 0 saturated carbocycles. The van der Waals surface area contributed by atoms with Gasteiger partial charge in [0, 0.05) is 115 Å². The molecule has 13 fully saturated rings. The predicted molar refractivity (Wildman–Crippen MR) is 540 cm³/mol. The van der Waals surface area contributed by atoms with E-state index in [0.717, 1.165) is 194 Å². The summed E-state index contributed by atoms with van der Waals surface area (Å²) >= 11 is 0. The summed E-state index contributed by atoms with van der Waals surface area (Å²) in [6.45, 7) is 30.6. The third kappa shape index (κ3) is 65.7. The molecule has 13 saturated heterocycles. The van der Waals surface area contributed by atoms with Crippen molar-refractivity contribution in [3.05, 3.63) is 20.9 Å². The van der Waals surface area contributed by atoms with Gasteiger partial charge in [0.2, 0.25) is 88.6 Å². The summed E-state index contributed by atoms with van der Waals surface area (Å²) in [6, 6.07) is 2.19. The largest absolute Gasteiger partial charge is 0.481 e. The number of amides is 15. The number of azide groups is 2. The number of primary amides is 15. The number of aliphatic carboxylic acids is 2. The molecule has 58 heteroatoms. The van der Waals surface area contributed by atoms with Gasteiger partial charge in [-0.05, 0) is 222 Å². The molecule has 0 aromatic carbocycles. The molecule has 836 valence electrons. The number of rotatable bonds is 36. The number of hydrogen-bond donors (Lipinski definition) is 21. The molecule has 147 heavy (non-hydrogen) atoms. The van der Waals surface area contributed by atoms with Gasteiger partial charge in [-0.25, -0.2) is 0 Å². The molecule has 15 amide bonds. The van der Waals surface area contributed by atoms with E-state index in [-0.39, 0.29) is 177 Å². The average Bonchev–Trinajstić information content (AvgIpc) is 1.75. The molecule has 0 radical (unpaired) electrons. The number of aliphatic hydroxyl groups is 2. The maximum Gasteiger partial charge on any atom is 0.307 e. The van der Waals surface area contributed by atoms with Gasteiger partial charge in [-0.2, -0.15) is 5.26 Å². The third-order valence-electron chi connectivity index (χ3n) is 25.6. The summed E-state index contributed by atoms with van der Waals surface area (Å²) in [4.78, 5) is 209. The van der Waals surface area contributed by atoms with Crippen molar-refractivity contribution in [1.82, 2.24) is 63.7 Å². The first-order valence-electron chi connectivity index (χ1n) is 49.5. The molecule has 0 aliphatic carbocycles. The van der Waals surface area contributed by atoms with E-state index in [0.29, 0.717) is 135 Å². The highest BCUT2D eigenvalue weighted by atomic mass is 16.4. The summed E-state index contributed by atoms with van der Waals surface area (Å²) in [7, 11) is 0. The van der Waals surface area contributed by atoms with Gasteiger partial charge in [0.05, 0.1) is 133 Å². The van der Waals surface area contributed by atoms with Crippen LogP contribution in [0.25, 0.3) is 20.9 Å². The number of nitriles is 1. The molecule has 13 aliphatic rings. The minimum Gasteiger partial charge on any atom is -0.481 e. The fraction of sp³-hybridized carbons (Fsp3) is 0.798. The van der Waals surface area contributed by atoms with Gasteiger partial charge in [0.1, 0.15) is 0 Å². The average molecular weight is 2090 g/mol. The van der Waals surface area contributed by atoms with Gasteiger partial charge in [0.15, 0.2) is 0 Å². The highest BCUT2D eigenvalue weighted by Gasteiger charge is 2.35. The zero-order valence-electron chi connectivity index (χ0n) is 85.6. The number of likely N-dealkylation sites (tertiary alicyclic amines) is 13. The predicted octanol–water partition coefficient (Wildman–Crippen LogP) is -12.0. The molecular weight excluding hydrogens is 1920 g/mol. The Morgan fingerprint density at radius 2 is 0.463 bits per heavy atom. The highest BCUT2D eigenvalue weighted by Crippen LogP contribution is 2.23. The van der Waals surface area contributed by atoms with Crippen molar-refractivity contribution in [3.8, 4) is 6.07 Å². The van der Waals surface area contributed by atoms with Gasteiger partial charge in [-0.3, -0.25) is 145 Å². The van der Waals surface area contributed by atoms with Crippen LogP contribution in [0.4, 0.5) is 0 Å². The lowest BCUT2D eigenvalue weighted by atomic mass is 10.1. The van der Waals surface area contributed by atoms with Crippen molar-refractivity contribution < 1.29 is 102 Å². The minimum absolute atomic E-state index is 0.00866. The molecule has 7 unspecified atom stereocenters. The van der Waals surface area contributed by atoms with Crippen LogP contribution in [0.2, 0.25) is 0 Å².